The third-order valence-corrected chi connectivity index (χ3v) is 3.31. The van der Waals surface area contributed by atoms with E-state index in [1.165, 1.54) is 6.07 Å². The van der Waals surface area contributed by atoms with Gasteiger partial charge in [-0.15, -0.1) is 0 Å². The molecule has 5 heteroatoms. The summed E-state index contributed by atoms with van der Waals surface area (Å²) in [4.78, 5) is 11.5. The normalized spacial score (nSPS) is 11.8. The zero-order valence-electron chi connectivity index (χ0n) is 12.2. The van der Waals surface area contributed by atoms with E-state index < -0.39 is 12.1 Å². The minimum atomic E-state index is -1.35. The van der Waals surface area contributed by atoms with Crippen LogP contribution in [0.3, 0.4) is 0 Å². The lowest BCUT2D eigenvalue weighted by Crippen LogP contribution is -2.15. The molecule has 2 aromatic rings. The fourth-order valence-electron chi connectivity index (χ4n) is 1.90. The zero-order valence-corrected chi connectivity index (χ0v) is 12.9. The number of rotatable bonds is 6. The minimum absolute atomic E-state index is 0.210. The lowest BCUT2D eigenvalue weighted by molar-refractivity contribution is -0.153. The van der Waals surface area contributed by atoms with Crippen LogP contribution in [0.15, 0.2) is 48.5 Å². The van der Waals surface area contributed by atoms with Gasteiger partial charge in [0.15, 0.2) is 6.10 Å². The SMILES string of the molecule is CCOC(=O)C(O)c1ccc(OCc2ccccc2)c(Cl)c1. The van der Waals surface area contributed by atoms with Crippen molar-refractivity contribution in [1.29, 1.82) is 0 Å². The van der Waals surface area contributed by atoms with E-state index >= 15 is 0 Å². The topological polar surface area (TPSA) is 55.8 Å². The first-order valence-electron chi connectivity index (χ1n) is 6.92. The molecule has 0 aliphatic rings. The van der Waals surface area contributed by atoms with Gasteiger partial charge in [-0.05, 0) is 30.2 Å². The Labute approximate surface area is 134 Å². The summed E-state index contributed by atoms with van der Waals surface area (Å²) in [5.74, 6) is -0.207. The van der Waals surface area contributed by atoms with Crippen LogP contribution in [0.5, 0.6) is 5.75 Å². The van der Waals surface area contributed by atoms with Crippen LogP contribution in [0.1, 0.15) is 24.2 Å². The van der Waals surface area contributed by atoms with E-state index in [1.807, 2.05) is 30.3 Å². The number of carbonyl (C=O) groups excluding carboxylic acids is 1. The lowest BCUT2D eigenvalue weighted by Gasteiger charge is -2.13. The molecule has 2 rings (SSSR count). The van der Waals surface area contributed by atoms with Gasteiger partial charge >= 0.3 is 5.97 Å². The Morgan fingerprint density at radius 3 is 2.59 bits per heavy atom. The highest BCUT2D eigenvalue weighted by Gasteiger charge is 2.19. The third kappa shape index (κ3) is 4.23. The number of halogens is 1. The van der Waals surface area contributed by atoms with Crippen molar-refractivity contribution in [3.8, 4) is 5.75 Å². The smallest absolute Gasteiger partial charge is 0.339 e. The van der Waals surface area contributed by atoms with Crippen molar-refractivity contribution in [3.05, 3.63) is 64.7 Å². The molecule has 0 aliphatic heterocycles. The van der Waals surface area contributed by atoms with Crippen molar-refractivity contribution in [2.24, 2.45) is 0 Å². The highest BCUT2D eigenvalue weighted by molar-refractivity contribution is 6.32. The molecule has 0 spiro atoms. The molecule has 1 N–H and O–H groups in total. The molecule has 0 saturated carbocycles. The lowest BCUT2D eigenvalue weighted by atomic mass is 10.1. The van der Waals surface area contributed by atoms with Crippen LogP contribution in [0.2, 0.25) is 5.02 Å². The molecule has 0 bridgehead atoms. The third-order valence-electron chi connectivity index (χ3n) is 3.02. The molecule has 0 fully saturated rings. The van der Waals surface area contributed by atoms with Crippen molar-refractivity contribution in [2.45, 2.75) is 19.6 Å². The molecule has 2 aromatic carbocycles. The Balaban J connectivity index is 2.05. The molecule has 22 heavy (non-hydrogen) atoms. The largest absolute Gasteiger partial charge is 0.487 e. The second-order valence-electron chi connectivity index (χ2n) is 4.62. The van der Waals surface area contributed by atoms with Crippen LogP contribution in [0, 0.1) is 0 Å². The van der Waals surface area contributed by atoms with Gasteiger partial charge in [0.2, 0.25) is 0 Å². The highest BCUT2D eigenvalue weighted by Crippen LogP contribution is 2.29. The first-order chi connectivity index (χ1) is 10.6. The number of benzene rings is 2. The molecular weight excluding hydrogens is 304 g/mol. The maximum Gasteiger partial charge on any atom is 0.339 e. The van der Waals surface area contributed by atoms with Gasteiger partial charge in [-0.25, -0.2) is 4.79 Å². The second kappa shape index (κ2) is 7.82. The van der Waals surface area contributed by atoms with E-state index in [-0.39, 0.29) is 6.61 Å². The molecule has 0 heterocycles. The Hall–Kier alpha value is -2.04. The van der Waals surface area contributed by atoms with Gasteiger partial charge in [0.1, 0.15) is 12.4 Å². The summed E-state index contributed by atoms with van der Waals surface area (Å²) in [5, 5.41) is 10.2. The monoisotopic (exact) mass is 320 g/mol. The van der Waals surface area contributed by atoms with E-state index in [4.69, 9.17) is 21.1 Å². The molecule has 0 amide bonds. The molecule has 0 radical (unpaired) electrons. The molecule has 1 atom stereocenters. The second-order valence-corrected chi connectivity index (χ2v) is 5.03. The molecule has 0 aliphatic carbocycles. The van der Waals surface area contributed by atoms with Crippen molar-refractivity contribution in [3.63, 3.8) is 0 Å². The predicted octanol–water partition coefficient (Wildman–Crippen LogP) is 3.52. The van der Waals surface area contributed by atoms with Gasteiger partial charge < -0.3 is 14.6 Å². The highest BCUT2D eigenvalue weighted by atomic mass is 35.5. The van der Waals surface area contributed by atoms with Gasteiger partial charge in [-0.2, -0.15) is 0 Å². The number of aliphatic hydroxyl groups excluding tert-OH is 1. The standard InChI is InChI=1S/C17H17ClO4/c1-2-21-17(20)16(19)13-8-9-15(14(18)10-13)22-11-12-6-4-3-5-7-12/h3-10,16,19H,2,11H2,1H3. The van der Waals surface area contributed by atoms with Crippen molar-refractivity contribution in [1.82, 2.24) is 0 Å². The average Bonchev–Trinajstić information content (AvgIpc) is 2.54. The van der Waals surface area contributed by atoms with Crippen LogP contribution >= 0.6 is 11.6 Å². The van der Waals surface area contributed by atoms with E-state index in [0.717, 1.165) is 5.56 Å². The molecule has 4 nitrogen and oxygen atoms in total. The van der Waals surface area contributed by atoms with E-state index in [9.17, 15) is 9.90 Å². The van der Waals surface area contributed by atoms with Crippen molar-refractivity contribution < 1.29 is 19.4 Å². The van der Waals surface area contributed by atoms with Gasteiger partial charge in [0.05, 0.1) is 11.6 Å². The number of carbonyl (C=O) groups is 1. The maximum absolute atomic E-state index is 11.5. The van der Waals surface area contributed by atoms with Crippen molar-refractivity contribution in [2.75, 3.05) is 6.61 Å². The van der Waals surface area contributed by atoms with Crippen LogP contribution < -0.4 is 4.74 Å². The summed E-state index contributed by atoms with van der Waals surface area (Å²) in [7, 11) is 0. The molecule has 1 unspecified atom stereocenters. The summed E-state index contributed by atoms with van der Waals surface area (Å²) in [6, 6.07) is 14.4. The Morgan fingerprint density at radius 2 is 1.95 bits per heavy atom. The minimum Gasteiger partial charge on any atom is -0.487 e. The Morgan fingerprint density at radius 1 is 1.23 bits per heavy atom. The number of ether oxygens (including phenoxy) is 2. The fraction of sp³-hybridized carbons (Fsp3) is 0.235. The van der Waals surface area contributed by atoms with E-state index in [0.29, 0.717) is 22.9 Å². The van der Waals surface area contributed by atoms with Crippen LogP contribution in [0.4, 0.5) is 0 Å². The quantitative estimate of drug-likeness (QED) is 0.827. The Bertz CT molecular complexity index is 628. The van der Waals surface area contributed by atoms with Crippen LogP contribution in [-0.2, 0) is 16.1 Å². The number of aliphatic hydroxyl groups is 1. The first-order valence-corrected chi connectivity index (χ1v) is 7.30. The van der Waals surface area contributed by atoms with E-state index in [2.05, 4.69) is 0 Å². The zero-order chi connectivity index (χ0) is 15.9. The summed E-state index contributed by atoms with van der Waals surface area (Å²) in [5.41, 5.74) is 1.39. The molecule has 0 saturated heterocycles. The van der Waals surface area contributed by atoms with Gasteiger partial charge in [-0.3, -0.25) is 0 Å². The van der Waals surface area contributed by atoms with Gasteiger partial charge in [0.25, 0.3) is 0 Å². The summed E-state index contributed by atoms with van der Waals surface area (Å²) in [6.07, 6.45) is -1.35. The maximum atomic E-state index is 11.5. The number of esters is 1. The number of hydrogen-bond acceptors (Lipinski definition) is 4. The fourth-order valence-corrected chi connectivity index (χ4v) is 2.14. The predicted molar refractivity (Wildman–Crippen MR) is 83.8 cm³/mol. The number of hydrogen-bond donors (Lipinski definition) is 1. The van der Waals surface area contributed by atoms with Gasteiger partial charge in [-0.1, -0.05) is 48.0 Å². The Kier molecular flexibility index (Phi) is 5.81. The molecule has 0 aromatic heterocycles. The van der Waals surface area contributed by atoms with Crippen molar-refractivity contribution >= 4 is 17.6 Å². The summed E-state index contributed by atoms with van der Waals surface area (Å²) < 4.78 is 10.4. The summed E-state index contributed by atoms with van der Waals surface area (Å²) >= 11 is 6.13. The molecular formula is C17H17ClO4. The first kappa shape index (κ1) is 16.3. The average molecular weight is 321 g/mol. The van der Waals surface area contributed by atoms with Gasteiger partial charge in [0, 0.05) is 0 Å². The van der Waals surface area contributed by atoms with E-state index in [1.54, 1.807) is 19.1 Å². The van der Waals surface area contributed by atoms with Crippen LogP contribution in [0.25, 0.3) is 0 Å². The summed E-state index contributed by atoms with van der Waals surface area (Å²) in [6.45, 7) is 2.28. The van der Waals surface area contributed by atoms with Crippen LogP contribution in [-0.4, -0.2) is 17.7 Å². The molecule has 116 valence electrons.